The molecule has 1 N–H and O–H groups in total. The van der Waals surface area contributed by atoms with Gasteiger partial charge in [-0.3, -0.25) is 4.79 Å². The number of hydrogen-bond donors (Lipinski definition) is 1. The third kappa shape index (κ3) is 6.34. The first-order valence-electron chi connectivity index (χ1n) is 10.0. The van der Waals surface area contributed by atoms with Gasteiger partial charge in [0.1, 0.15) is 5.82 Å². The van der Waals surface area contributed by atoms with Crippen molar-refractivity contribution in [2.24, 2.45) is 0 Å². The summed E-state index contributed by atoms with van der Waals surface area (Å²) in [4.78, 5) is 14.0. The summed E-state index contributed by atoms with van der Waals surface area (Å²) in [5, 5.41) is 3.15. The van der Waals surface area contributed by atoms with Crippen LogP contribution in [0.25, 0.3) is 5.57 Å². The highest BCUT2D eigenvalue weighted by Crippen LogP contribution is 2.36. The molecule has 1 saturated heterocycles. The second-order valence-corrected chi connectivity index (χ2v) is 7.86. The van der Waals surface area contributed by atoms with Crippen LogP contribution >= 0.6 is 0 Å². The van der Waals surface area contributed by atoms with Gasteiger partial charge in [-0.1, -0.05) is 17.7 Å². The molecule has 1 aliphatic rings. The molecular weight excluding hydrogens is 453 g/mol. The van der Waals surface area contributed by atoms with Crippen LogP contribution in [0.15, 0.2) is 48.0 Å². The molecule has 2 aromatic rings. The van der Waals surface area contributed by atoms with Gasteiger partial charge in [-0.05, 0) is 60.0 Å². The van der Waals surface area contributed by atoms with E-state index in [2.05, 4.69) is 5.32 Å². The lowest BCUT2D eigenvalue weighted by molar-refractivity contribution is -0.143. The maximum atomic E-state index is 13.3. The standard InChI is InChI=1S/C23H21F7N2O/c1-32(13-14-8-17(22(25,26)27)10-18(9-14)23(28,29)30)21(33)11-20(16-6-7-31-12-16)15-2-4-19(24)5-3-15/h2-5,8-10,31H,6-7,11-13H2,1H3/b20-16-. The van der Waals surface area contributed by atoms with Gasteiger partial charge in [0, 0.05) is 20.1 Å². The number of alkyl halides is 6. The highest BCUT2D eigenvalue weighted by molar-refractivity contribution is 5.89. The molecule has 2 aromatic carbocycles. The van der Waals surface area contributed by atoms with Crippen molar-refractivity contribution in [2.75, 3.05) is 20.1 Å². The van der Waals surface area contributed by atoms with Crippen LogP contribution in [0.1, 0.15) is 35.1 Å². The molecule has 0 aromatic heterocycles. The van der Waals surface area contributed by atoms with Crippen molar-refractivity contribution in [3.05, 3.63) is 76.1 Å². The Morgan fingerprint density at radius 3 is 2.03 bits per heavy atom. The lowest BCUT2D eigenvalue weighted by Gasteiger charge is -2.21. The SMILES string of the molecule is CN(Cc1cc(C(F)(F)F)cc(C(F)(F)F)c1)C(=O)C/C(=C1\CCNC1)c1ccc(F)cc1. The number of rotatable bonds is 5. The van der Waals surface area contributed by atoms with Gasteiger partial charge in [0.15, 0.2) is 0 Å². The molecule has 1 heterocycles. The zero-order valence-electron chi connectivity index (χ0n) is 17.6. The molecule has 0 spiro atoms. The predicted octanol–water partition coefficient (Wildman–Crippen LogP) is 5.66. The fourth-order valence-corrected chi connectivity index (χ4v) is 3.67. The highest BCUT2D eigenvalue weighted by atomic mass is 19.4. The molecule has 33 heavy (non-hydrogen) atoms. The maximum absolute atomic E-state index is 13.3. The summed E-state index contributed by atoms with van der Waals surface area (Å²) in [5.41, 5.74) is -0.904. The quantitative estimate of drug-likeness (QED) is 0.568. The topological polar surface area (TPSA) is 32.3 Å². The molecule has 178 valence electrons. The van der Waals surface area contributed by atoms with Crippen LogP contribution in [0.4, 0.5) is 30.7 Å². The number of halogens is 7. The van der Waals surface area contributed by atoms with Gasteiger partial charge in [0.05, 0.1) is 17.5 Å². The van der Waals surface area contributed by atoms with Gasteiger partial charge < -0.3 is 10.2 Å². The average molecular weight is 474 g/mol. The molecular formula is C23H21F7N2O. The monoisotopic (exact) mass is 474 g/mol. The summed E-state index contributed by atoms with van der Waals surface area (Å²) in [6, 6.07) is 6.85. The molecule has 3 rings (SSSR count). The number of carbonyl (C=O) groups excluding carboxylic acids is 1. The Hall–Kier alpha value is -2.88. The van der Waals surface area contributed by atoms with Crippen molar-refractivity contribution in [1.29, 1.82) is 0 Å². The molecule has 10 heteroatoms. The van der Waals surface area contributed by atoms with E-state index >= 15 is 0 Å². The Morgan fingerprint density at radius 1 is 0.970 bits per heavy atom. The van der Waals surface area contributed by atoms with Crippen LogP contribution in [-0.4, -0.2) is 30.9 Å². The van der Waals surface area contributed by atoms with E-state index in [1.807, 2.05) is 0 Å². The van der Waals surface area contributed by atoms with Gasteiger partial charge in [-0.15, -0.1) is 0 Å². The molecule has 0 radical (unpaired) electrons. The van der Waals surface area contributed by atoms with Crippen LogP contribution in [0.3, 0.4) is 0 Å². The van der Waals surface area contributed by atoms with E-state index in [4.69, 9.17) is 0 Å². The van der Waals surface area contributed by atoms with E-state index < -0.39 is 41.7 Å². The normalized spacial score (nSPS) is 16.1. The highest BCUT2D eigenvalue weighted by Gasteiger charge is 2.37. The third-order valence-electron chi connectivity index (χ3n) is 5.38. The smallest absolute Gasteiger partial charge is 0.341 e. The Balaban J connectivity index is 1.85. The third-order valence-corrected chi connectivity index (χ3v) is 5.38. The minimum absolute atomic E-state index is 0.0511. The van der Waals surface area contributed by atoms with E-state index in [0.717, 1.165) is 10.5 Å². The number of hydrogen-bond acceptors (Lipinski definition) is 2. The number of amides is 1. The fourth-order valence-electron chi connectivity index (χ4n) is 3.67. The number of nitrogens with zero attached hydrogens (tertiary/aromatic N) is 1. The van der Waals surface area contributed by atoms with Crippen molar-refractivity contribution in [1.82, 2.24) is 10.2 Å². The molecule has 0 saturated carbocycles. The molecule has 3 nitrogen and oxygen atoms in total. The first-order chi connectivity index (χ1) is 15.3. The zero-order chi connectivity index (χ0) is 24.4. The van der Waals surface area contributed by atoms with Crippen molar-refractivity contribution in [3.63, 3.8) is 0 Å². The molecule has 0 atom stereocenters. The average Bonchev–Trinajstić information content (AvgIpc) is 3.25. The molecule has 1 aliphatic heterocycles. The van der Waals surface area contributed by atoms with Gasteiger partial charge in [0.2, 0.25) is 5.91 Å². The maximum Gasteiger partial charge on any atom is 0.416 e. The Kier molecular flexibility index (Phi) is 7.16. The van der Waals surface area contributed by atoms with E-state index in [1.165, 1.54) is 31.3 Å². The van der Waals surface area contributed by atoms with E-state index in [0.29, 0.717) is 42.8 Å². The molecule has 1 amide bonds. The summed E-state index contributed by atoms with van der Waals surface area (Å²) in [5.74, 6) is -0.930. The van der Waals surface area contributed by atoms with Gasteiger partial charge >= 0.3 is 12.4 Å². The van der Waals surface area contributed by atoms with Crippen molar-refractivity contribution >= 4 is 11.5 Å². The van der Waals surface area contributed by atoms with Gasteiger partial charge in [0.25, 0.3) is 0 Å². The van der Waals surface area contributed by atoms with E-state index in [1.54, 1.807) is 0 Å². The van der Waals surface area contributed by atoms with Gasteiger partial charge in [-0.2, -0.15) is 26.3 Å². The minimum Gasteiger partial charge on any atom is -0.341 e. The Morgan fingerprint density at radius 2 is 1.55 bits per heavy atom. The lowest BCUT2D eigenvalue weighted by Crippen LogP contribution is -2.27. The fraction of sp³-hybridized carbons (Fsp3) is 0.348. The summed E-state index contributed by atoms with van der Waals surface area (Å²) in [6.45, 7) is 0.802. The number of benzene rings is 2. The second-order valence-electron chi connectivity index (χ2n) is 7.86. The summed E-state index contributed by atoms with van der Waals surface area (Å²) in [6.07, 6.45) is -9.38. The first-order valence-corrected chi connectivity index (χ1v) is 10.0. The summed E-state index contributed by atoms with van der Waals surface area (Å²) in [7, 11) is 1.32. The molecule has 0 bridgehead atoms. The zero-order valence-corrected chi connectivity index (χ0v) is 17.6. The van der Waals surface area contributed by atoms with Crippen LogP contribution in [0.2, 0.25) is 0 Å². The summed E-state index contributed by atoms with van der Waals surface area (Å²) < 4.78 is 92.0. The lowest BCUT2D eigenvalue weighted by atomic mass is 9.95. The van der Waals surface area contributed by atoms with E-state index in [-0.39, 0.29) is 18.1 Å². The summed E-state index contributed by atoms with van der Waals surface area (Å²) >= 11 is 0. The molecule has 1 fully saturated rings. The predicted molar refractivity (Wildman–Crippen MR) is 108 cm³/mol. The van der Waals surface area contributed by atoms with Crippen molar-refractivity contribution < 1.29 is 35.5 Å². The van der Waals surface area contributed by atoms with Crippen LogP contribution < -0.4 is 5.32 Å². The Labute approximate surface area is 185 Å². The van der Waals surface area contributed by atoms with Crippen LogP contribution in [0.5, 0.6) is 0 Å². The van der Waals surface area contributed by atoms with Gasteiger partial charge in [-0.25, -0.2) is 4.39 Å². The van der Waals surface area contributed by atoms with Crippen molar-refractivity contribution in [2.45, 2.75) is 31.7 Å². The minimum atomic E-state index is -4.96. The number of carbonyl (C=O) groups is 1. The van der Waals surface area contributed by atoms with E-state index in [9.17, 15) is 35.5 Å². The first kappa shape index (κ1) is 24.8. The van der Waals surface area contributed by atoms with Crippen LogP contribution in [-0.2, 0) is 23.7 Å². The Bertz CT molecular complexity index is 1000. The molecule has 0 unspecified atom stereocenters. The van der Waals surface area contributed by atoms with Crippen LogP contribution in [0, 0.1) is 5.82 Å². The molecule has 0 aliphatic carbocycles. The number of nitrogens with one attached hydrogen (secondary N) is 1. The largest absolute Gasteiger partial charge is 0.416 e. The van der Waals surface area contributed by atoms with Crippen molar-refractivity contribution in [3.8, 4) is 0 Å². The second kappa shape index (κ2) is 9.54.